The summed E-state index contributed by atoms with van der Waals surface area (Å²) in [6, 6.07) is 9.47. The van der Waals surface area contributed by atoms with Crippen molar-refractivity contribution >= 4 is 29.3 Å². The predicted molar refractivity (Wildman–Crippen MR) is 115 cm³/mol. The number of nitrogens with two attached hydrogens (primary N) is 1. The van der Waals surface area contributed by atoms with E-state index in [9.17, 15) is 19.2 Å². The number of nitrogens with zero attached hydrogens (tertiary/aromatic N) is 1. The van der Waals surface area contributed by atoms with Gasteiger partial charge in [-0.15, -0.1) is 0 Å². The molecule has 0 spiro atoms. The molecule has 8 nitrogen and oxygen atoms in total. The van der Waals surface area contributed by atoms with Gasteiger partial charge in [0.25, 0.3) is 0 Å². The van der Waals surface area contributed by atoms with Crippen LogP contribution in [0.4, 0.5) is 10.5 Å². The second kappa shape index (κ2) is 7.86. The fraction of sp³-hybridized carbons (Fsp3) is 0.304. The number of nitrogen functional groups attached to an aromatic ring is 1. The summed E-state index contributed by atoms with van der Waals surface area (Å²) in [5, 5.41) is 2.54. The minimum atomic E-state index is -2.08. The second-order valence-electron chi connectivity index (χ2n) is 8.03. The molecule has 1 unspecified atom stereocenters. The zero-order valence-electron chi connectivity index (χ0n) is 18.1. The van der Waals surface area contributed by atoms with Gasteiger partial charge >= 0.3 is 6.09 Å². The molecular formula is C23H25N3O5. The summed E-state index contributed by atoms with van der Waals surface area (Å²) in [4.78, 5) is 52.9. The highest BCUT2D eigenvalue weighted by Crippen LogP contribution is 2.44. The van der Waals surface area contributed by atoms with Crippen molar-refractivity contribution in [2.75, 3.05) is 19.8 Å². The third kappa shape index (κ3) is 3.54. The van der Waals surface area contributed by atoms with Crippen LogP contribution in [0.3, 0.4) is 0 Å². The van der Waals surface area contributed by atoms with Crippen molar-refractivity contribution in [1.82, 2.24) is 10.2 Å². The molecular weight excluding hydrogens is 398 g/mol. The largest absolute Gasteiger partial charge is 0.414 e. The average molecular weight is 423 g/mol. The monoisotopic (exact) mass is 423 g/mol. The van der Waals surface area contributed by atoms with Gasteiger partial charge in [0.2, 0.25) is 17.5 Å². The van der Waals surface area contributed by atoms with Gasteiger partial charge in [0.15, 0.2) is 5.54 Å². The molecule has 0 aromatic heterocycles. The lowest BCUT2D eigenvalue weighted by atomic mass is 9.82. The first kappa shape index (κ1) is 22.0. The number of hydrogen-bond donors (Lipinski definition) is 2. The van der Waals surface area contributed by atoms with Crippen molar-refractivity contribution in [3.05, 3.63) is 58.7 Å². The van der Waals surface area contributed by atoms with Crippen molar-refractivity contribution in [2.24, 2.45) is 0 Å². The topological polar surface area (TPSA) is 119 Å². The van der Waals surface area contributed by atoms with Crippen LogP contribution >= 0.6 is 0 Å². The first-order chi connectivity index (χ1) is 14.5. The van der Waals surface area contributed by atoms with E-state index in [1.165, 1.54) is 38.1 Å². The zero-order chi connectivity index (χ0) is 23.1. The second-order valence-corrected chi connectivity index (χ2v) is 8.03. The minimum absolute atomic E-state index is 0.0201. The first-order valence-corrected chi connectivity index (χ1v) is 9.81. The number of ether oxygens (including phenoxy) is 1. The van der Waals surface area contributed by atoms with Crippen LogP contribution in [0.2, 0.25) is 0 Å². The van der Waals surface area contributed by atoms with Crippen molar-refractivity contribution in [3.63, 3.8) is 0 Å². The lowest BCUT2D eigenvalue weighted by molar-refractivity contribution is -0.120. The normalized spacial score (nSPS) is 17.5. The highest BCUT2D eigenvalue weighted by molar-refractivity contribution is 6.35. The summed E-state index contributed by atoms with van der Waals surface area (Å²) in [5.41, 5.74) is 5.11. The van der Waals surface area contributed by atoms with Crippen LogP contribution in [-0.4, -0.2) is 42.6 Å². The van der Waals surface area contributed by atoms with E-state index < -0.39 is 29.1 Å². The molecule has 0 radical (unpaired) electrons. The number of rotatable bonds is 4. The molecule has 0 heterocycles. The Hall–Kier alpha value is -3.68. The van der Waals surface area contributed by atoms with E-state index in [1.54, 1.807) is 24.3 Å². The lowest BCUT2D eigenvalue weighted by Gasteiger charge is -2.29. The Kier molecular flexibility index (Phi) is 5.59. The van der Waals surface area contributed by atoms with E-state index in [2.05, 4.69) is 5.32 Å². The number of Topliss-reactive ketones (excluding diaryl/α,β-unsaturated/α-hetero) is 2. The molecule has 8 heteroatoms. The summed E-state index contributed by atoms with van der Waals surface area (Å²) in [5.74, 6) is -1.78. The number of carbonyl (C=O) groups excluding carboxylic acids is 4. The molecule has 2 amide bonds. The average Bonchev–Trinajstić information content (AvgIpc) is 2.90. The summed E-state index contributed by atoms with van der Waals surface area (Å²) >= 11 is 0. The van der Waals surface area contributed by atoms with Crippen molar-refractivity contribution in [1.29, 1.82) is 0 Å². The Morgan fingerprint density at radius 1 is 1.10 bits per heavy atom. The van der Waals surface area contributed by atoms with Gasteiger partial charge in [-0.1, -0.05) is 38.1 Å². The van der Waals surface area contributed by atoms with E-state index >= 15 is 0 Å². The molecule has 1 aliphatic carbocycles. The minimum Gasteiger partial charge on any atom is -0.410 e. The molecule has 2 aromatic carbocycles. The third-order valence-electron chi connectivity index (χ3n) is 5.25. The quantitative estimate of drug-likeness (QED) is 0.577. The number of carbonyl (C=O) groups is 4. The number of ketones is 2. The molecule has 1 atom stereocenters. The molecule has 1 aliphatic rings. The van der Waals surface area contributed by atoms with E-state index in [4.69, 9.17) is 10.5 Å². The molecule has 2 aromatic rings. The van der Waals surface area contributed by atoms with Gasteiger partial charge in [0, 0.05) is 37.8 Å². The Bertz CT molecular complexity index is 1110. The number of hydrogen-bond acceptors (Lipinski definition) is 6. The van der Waals surface area contributed by atoms with Crippen LogP contribution in [-0.2, 0) is 10.3 Å². The Balaban J connectivity index is 2.31. The van der Waals surface area contributed by atoms with Gasteiger partial charge < -0.3 is 20.7 Å². The standard InChI is InChI=1S/C23H25N3O5/c1-12(2)14-9-10-16(18(11-14)31-22(30)26(4)5)23(25-13(3)27)20(28)15-7-6-8-17(24)19(15)21(23)29/h6-12H,24H2,1-5H3,(H,25,27). The number of anilines is 1. The Morgan fingerprint density at radius 2 is 1.77 bits per heavy atom. The highest BCUT2D eigenvalue weighted by Gasteiger charge is 2.57. The van der Waals surface area contributed by atoms with Gasteiger partial charge in [0.1, 0.15) is 5.75 Å². The number of benzene rings is 2. The fourth-order valence-electron chi connectivity index (χ4n) is 3.67. The summed E-state index contributed by atoms with van der Waals surface area (Å²) in [7, 11) is 3.03. The summed E-state index contributed by atoms with van der Waals surface area (Å²) in [6.07, 6.45) is -0.685. The first-order valence-electron chi connectivity index (χ1n) is 9.81. The number of fused-ring (bicyclic) bond motifs is 1. The molecule has 3 N–H and O–H groups in total. The molecule has 0 aliphatic heterocycles. The molecule has 0 saturated heterocycles. The van der Waals surface area contributed by atoms with E-state index in [0.29, 0.717) is 0 Å². The van der Waals surface area contributed by atoms with Gasteiger partial charge in [0.05, 0.1) is 5.56 Å². The zero-order valence-corrected chi connectivity index (χ0v) is 18.1. The molecule has 0 saturated carbocycles. The summed E-state index contributed by atoms with van der Waals surface area (Å²) in [6.45, 7) is 5.12. The number of nitrogens with one attached hydrogen (secondary N) is 1. The lowest BCUT2D eigenvalue weighted by Crippen LogP contribution is -2.53. The van der Waals surface area contributed by atoms with Crippen molar-refractivity contribution < 1.29 is 23.9 Å². The maximum absolute atomic E-state index is 13.6. The molecule has 3 rings (SSSR count). The summed E-state index contributed by atoms with van der Waals surface area (Å²) < 4.78 is 5.54. The third-order valence-corrected chi connectivity index (χ3v) is 5.25. The van der Waals surface area contributed by atoms with Gasteiger partial charge in [-0.2, -0.15) is 0 Å². The molecule has 162 valence electrons. The SMILES string of the molecule is CC(=O)NC1(c2ccc(C(C)C)cc2OC(=O)N(C)C)C(=O)c2cccc(N)c2C1=O. The highest BCUT2D eigenvalue weighted by atomic mass is 16.6. The van der Waals surface area contributed by atoms with Crippen LogP contribution in [0.1, 0.15) is 58.5 Å². The maximum atomic E-state index is 13.6. The van der Waals surface area contributed by atoms with Crippen LogP contribution in [0.25, 0.3) is 0 Å². The maximum Gasteiger partial charge on any atom is 0.414 e. The van der Waals surface area contributed by atoms with E-state index in [0.717, 1.165) is 5.56 Å². The van der Waals surface area contributed by atoms with Crippen LogP contribution in [0.5, 0.6) is 5.75 Å². The van der Waals surface area contributed by atoms with Gasteiger partial charge in [-0.25, -0.2) is 4.79 Å². The molecule has 0 fully saturated rings. The number of amides is 2. The van der Waals surface area contributed by atoms with Crippen LogP contribution < -0.4 is 15.8 Å². The van der Waals surface area contributed by atoms with Crippen LogP contribution in [0.15, 0.2) is 36.4 Å². The predicted octanol–water partition coefficient (Wildman–Crippen LogP) is 2.86. The smallest absolute Gasteiger partial charge is 0.410 e. The van der Waals surface area contributed by atoms with Gasteiger partial charge in [-0.05, 0) is 23.6 Å². The van der Waals surface area contributed by atoms with Crippen molar-refractivity contribution in [3.8, 4) is 5.75 Å². The van der Waals surface area contributed by atoms with E-state index in [-0.39, 0.29) is 34.0 Å². The van der Waals surface area contributed by atoms with Gasteiger partial charge in [-0.3, -0.25) is 14.4 Å². The Morgan fingerprint density at radius 3 is 2.32 bits per heavy atom. The molecule has 0 bridgehead atoms. The van der Waals surface area contributed by atoms with Crippen molar-refractivity contribution in [2.45, 2.75) is 32.2 Å². The Labute approximate surface area is 180 Å². The fourth-order valence-corrected chi connectivity index (χ4v) is 3.67. The van der Waals surface area contributed by atoms with Crippen LogP contribution in [0, 0.1) is 0 Å². The van der Waals surface area contributed by atoms with E-state index in [1.807, 2.05) is 13.8 Å². The molecule has 31 heavy (non-hydrogen) atoms.